The standard InChI is InChI=1S/C19H21F3N2O6S/c1-11(2)17(25)18(26)23-12-7-8-16(15(10-12)29-3)31(27,28)24-13-5-4-6-14(9-13)30-19(20,21)22/h4-11,17,24-25H,1-3H3,(H,23,26)/t17-/m0/s1. The number of alkyl halides is 3. The van der Waals surface area contributed by atoms with Crippen LogP contribution in [0, 0.1) is 5.92 Å². The summed E-state index contributed by atoms with van der Waals surface area (Å²) < 4.78 is 73.6. The van der Waals surface area contributed by atoms with Gasteiger partial charge in [0, 0.05) is 17.8 Å². The summed E-state index contributed by atoms with van der Waals surface area (Å²) in [7, 11) is -3.06. The van der Waals surface area contributed by atoms with Crippen LogP contribution in [0.5, 0.6) is 11.5 Å². The first-order chi connectivity index (χ1) is 14.3. The smallest absolute Gasteiger partial charge is 0.495 e. The first-order valence-electron chi connectivity index (χ1n) is 8.88. The molecular weight excluding hydrogens is 441 g/mol. The Hall–Kier alpha value is -2.99. The van der Waals surface area contributed by atoms with Crippen molar-refractivity contribution in [2.24, 2.45) is 5.92 Å². The molecule has 31 heavy (non-hydrogen) atoms. The molecule has 0 saturated heterocycles. The number of anilines is 2. The van der Waals surface area contributed by atoms with Crippen molar-refractivity contribution in [2.45, 2.75) is 31.2 Å². The molecule has 1 atom stereocenters. The van der Waals surface area contributed by atoms with E-state index in [9.17, 15) is 31.5 Å². The minimum Gasteiger partial charge on any atom is -0.495 e. The normalized spacial score (nSPS) is 12.9. The summed E-state index contributed by atoms with van der Waals surface area (Å²) in [5.74, 6) is -1.73. The second kappa shape index (κ2) is 9.43. The van der Waals surface area contributed by atoms with Gasteiger partial charge in [0.2, 0.25) is 0 Å². The lowest BCUT2D eigenvalue weighted by Crippen LogP contribution is -2.31. The van der Waals surface area contributed by atoms with E-state index in [1.54, 1.807) is 13.8 Å². The number of ether oxygens (including phenoxy) is 2. The molecule has 0 aliphatic heterocycles. The molecule has 1 amide bonds. The minimum absolute atomic E-state index is 0.132. The maximum atomic E-state index is 12.7. The fourth-order valence-corrected chi connectivity index (χ4v) is 3.65. The number of hydrogen-bond acceptors (Lipinski definition) is 6. The number of aliphatic hydroxyl groups excluding tert-OH is 1. The monoisotopic (exact) mass is 462 g/mol. The molecular formula is C19H21F3N2O6S. The number of rotatable bonds is 8. The molecule has 0 fully saturated rings. The van der Waals surface area contributed by atoms with E-state index in [-0.39, 0.29) is 27.9 Å². The number of methoxy groups -OCH3 is 1. The van der Waals surface area contributed by atoms with E-state index >= 15 is 0 Å². The Kier molecular flexibility index (Phi) is 7.39. The van der Waals surface area contributed by atoms with Gasteiger partial charge in [-0.3, -0.25) is 9.52 Å². The molecule has 0 spiro atoms. The Bertz CT molecular complexity index is 1040. The van der Waals surface area contributed by atoms with Gasteiger partial charge in [-0.25, -0.2) is 8.42 Å². The van der Waals surface area contributed by atoms with E-state index < -0.39 is 34.1 Å². The van der Waals surface area contributed by atoms with Gasteiger partial charge in [-0.2, -0.15) is 0 Å². The van der Waals surface area contributed by atoms with Crippen LogP contribution in [0.25, 0.3) is 0 Å². The van der Waals surface area contributed by atoms with Crippen molar-refractivity contribution < 1.29 is 41.0 Å². The average Bonchev–Trinajstić information content (AvgIpc) is 2.65. The van der Waals surface area contributed by atoms with E-state index in [1.807, 2.05) is 0 Å². The van der Waals surface area contributed by atoms with Crippen molar-refractivity contribution in [2.75, 3.05) is 17.1 Å². The molecule has 0 unspecified atom stereocenters. The maximum absolute atomic E-state index is 12.7. The number of sulfonamides is 1. The van der Waals surface area contributed by atoms with Crippen LogP contribution in [0.2, 0.25) is 0 Å². The topological polar surface area (TPSA) is 114 Å². The van der Waals surface area contributed by atoms with Gasteiger partial charge in [0.1, 0.15) is 22.5 Å². The number of amides is 1. The van der Waals surface area contributed by atoms with Crippen LogP contribution in [-0.4, -0.2) is 39.0 Å². The summed E-state index contributed by atoms with van der Waals surface area (Å²) in [5.41, 5.74) is 0.0160. The second-order valence-electron chi connectivity index (χ2n) is 6.72. The van der Waals surface area contributed by atoms with Gasteiger partial charge >= 0.3 is 6.36 Å². The maximum Gasteiger partial charge on any atom is 0.573 e. The van der Waals surface area contributed by atoms with E-state index in [0.29, 0.717) is 0 Å². The van der Waals surface area contributed by atoms with Gasteiger partial charge in [0.15, 0.2) is 0 Å². The lowest BCUT2D eigenvalue weighted by atomic mass is 10.1. The zero-order valence-electron chi connectivity index (χ0n) is 16.7. The van der Waals surface area contributed by atoms with Crippen molar-refractivity contribution in [3.63, 3.8) is 0 Å². The quantitative estimate of drug-likeness (QED) is 0.555. The molecule has 0 aromatic heterocycles. The highest BCUT2D eigenvalue weighted by Gasteiger charge is 2.31. The molecule has 0 heterocycles. The molecule has 0 bridgehead atoms. The minimum atomic E-state index is -4.93. The summed E-state index contributed by atoms with van der Waals surface area (Å²) in [6.07, 6.45) is -6.19. The SMILES string of the molecule is COc1cc(NC(=O)[C@@H](O)C(C)C)ccc1S(=O)(=O)Nc1cccc(OC(F)(F)F)c1. The van der Waals surface area contributed by atoms with Gasteiger partial charge in [-0.15, -0.1) is 13.2 Å². The molecule has 170 valence electrons. The molecule has 3 N–H and O–H groups in total. The first kappa shape index (κ1) is 24.3. The Morgan fingerprint density at radius 2 is 1.77 bits per heavy atom. The van der Waals surface area contributed by atoms with Crippen LogP contribution >= 0.6 is 0 Å². The van der Waals surface area contributed by atoms with E-state index in [0.717, 1.165) is 18.2 Å². The highest BCUT2D eigenvalue weighted by Crippen LogP contribution is 2.31. The van der Waals surface area contributed by atoms with E-state index in [1.165, 1.54) is 31.4 Å². The summed E-state index contributed by atoms with van der Waals surface area (Å²) in [6.45, 7) is 3.31. The van der Waals surface area contributed by atoms with Crippen LogP contribution in [-0.2, 0) is 14.8 Å². The molecule has 0 radical (unpaired) electrons. The lowest BCUT2D eigenvalue weighted by Gasteiger charge is -2.16. The fraction of sp³-hybridized carbons (Fsp3) is 0.316. The van der Waals surface area contributed by atoms with Crippen molar-refractivity contribution >= 4 is 27.3 Å². The number of carbonyl (C=O) groups excluding carboxylic acids is 1. The van der Waals surface area contributed by atoms with E-state index in [4.69, 9.17) is 4.74 Å². The van der Waals surface area contributed by atoms with E-state index in [2.05, 4.69) is 14.8 Å². The summed E-state index contributed by atoms with van der Waals surface area (Å²) >= 11 is 0. The third-order valence-corrected chi connectivity index (χ3v) is 5.36. The number of aliphatic hydroxyl groups is 1. The fourth-order valence-electron chi connectivity index (χ4n) is 2.45. The predicted molar refractivity (Wildman–Crippen MR) is 106 cm³/mol. The largest absolute Gasteiger partial charge is 0.573 e. The third kappa shape index (κ3) is 6.76. The van der Waals surface area contributed by atoms with Crippen molar-refractivity contribution in [3.05, 3.63) is 42.5 Å². The van der Waals surface area contributed by atoms with Gasteiger partial charge in [0.05, 0.1) is 12.8 Å². The third-order valence-electron chi connectivity index (χ3n) is 3.94. The highest BCUT2D eigenvalue weighted by molar-refractivity contribution is 7.92. The Morgan fingerprint density at radius 1 is 1.10 bits per heavy atom. The molecule has 2 rings (SSSR count). The summed E-state index contributed by atoms with van der Waals surface area (Å²) in [6, 6.07) is 8.00. The number of carbonyl (C=O) groups is 1. The predicted octanol–water partition coefficient (Wildman–Crippen LogP) is 3.35. The lowest BCUT2D eigenvalue weighted by molar-refractivity contribution is -0.274. The van der Waals surface area contributed by atoms with Crippen LogP contribution in [0.4, 0.5) is 24.5 Å². The summed E-state index contributed by atoms with van der Waals surface area (Å²) in [5, 5.41) is 12.2. The summed E-state index contributed by atoms with van der Waals surface area (Å²) in [4.78, 5) is 11.7. The zero-order valence-corrected chi connectivity index (χ0v) is 17.5. The zero-order chi connectivity index (χ0) is 23.4. The van der Waals surface area contributed by atoms with Gasteiger partial charge in [-0.1, -0.05) is 19.9 Å². The molecule has 12 heteroatoms. The number of benzene rings is 2. The molecule has 0 aliphatic carbocycles. The molecule has 2 aromatic rings. The van der Waals surface area contributed by atoms with Crippen LogP contribution in [0.1, 0.15) is 13.8 Å². The average molecular weight is 462 g/mol. The number of hydrogen-bond donors (Lipinski definition) is 3. The Labute approximate surface area is 177 Å². The highest BCUT2D eigenvalue weighted by atomic mass is 32.2. The first-order valence-corrected chi connectivity index (χ1v) is 10.4. The van der Waals surface area contributed by atoms with Crippen molar-refractivity contribution in [1.29, 1.82) is 0 Å². The second-order valence-corrected chi connectivity index (χ2v) is 8.38. The molecule has 0 saturated carbocycles. The van der Waals surface area contributed by atoms with Crippen molar-refractivity contribution in [3.8, 4) is 11.5 Å². The number of halogens is 3. The molecule has 8 nitrogen and oxygen atoms in total. The van der Waals surface area contributed by atoms with Crippen LogP contribution in [0.3, 0.4) is 0 Å². The van der Waals surface area contributed by atoms with Crippen molar-refractivity contribution in [1.82, 2.24) is 0 Å². The molecule has 0 aliphatic rings. The van der Waals surface area contributed by atoms with Crippen LogP contribution < -0.4 is 19.5 Å². The van der Waals surface area contributed by atoms with Crippen LogP contribution in [0.15, 0.2) is 47.4 Å². The van der Waals surface area contributed by atoms with Gasteiger partial charge in [-0.05, 0) is 30.2 Å². The number of nitrogens with one attached hydrogen (secondary N) is 2. The Morgan fingerprint density at radius 3 is 2.35 bits per heavy atom. The van der Waals surface area contributed by atoms with Gasteiger partial charge in [0.25, 0.3) is 15.9 Å². The van der Waals surface area contributed by atoms with Gasteiger partial charge < -0.3 is 19.9 Å². The molecule has 2 aromatic carbocycles. The Balaban J connectivity index is 2.27.